The predicted molar refractivity (Wildman–Crippen MR) is 74.8 cm³/mol. The van der Waals surface area contributed by atoms with Crippen LogP contribution >= 0.6 is 12.2 Å². The number of hydrogen-bond donors (Lipinski definition) is 2. The smallest absolute Gasteiger partial charge is 0.218 e. The molecule has 0 spiro atoms. The van der Waals surface area contributed by atoms with Crippen LogP contribution in [0.2, 0.25) is 0 Å². The van der Waals surface area contributed by atoms with Gasteiger partial charge in [0.2, 0.25) is 5.88 Å². The van der Waals surface area contributed by atoms with E-state index >= 15 is 0 Å². The second-order valence-corrected chi connectivity index (χ2v) is 4.79. The summed E-state index contributed by atoms with van der Waals surface area (Å²) >= 11 is 5.27. The summed E-state index contributed by atoms with van der Waals surface area (Å²) in [5.74, 6) is 1.17. The first-order valence-electron chi connectivity index (χ1n) is 6.21. The quantitative estimate of drug-likeness (QED) is 0.817. The Morgan fingerprint density at radius 3 is 2.83 bits per heavy atom. The van der Waals surface area contributed by atoms with Crippen LogP contribution in [-0.4, -0.2) is 28.2 Å². The third-order valence-corrected chi connectivity index (χ3v) is 3.25. The summed E-state index contributed by atoms with van der Waals surface area (Å²) in [5.41, 5.74) is 0. The van der Waals surface area contributed by atoms with Gasteiger partial charge < -0.3 is 15.4 Å². The molecule has 1 aliphatic rings. The summed E-state index contributed by atoms with van der Waals surface area (Å²) in [5, 5.41) is 6.99. The molecule has 1 fully saturated rings. The maximum absolute atomic E-state index is 5.27. The van der Waals surface area contributed by atoms with E-state index in [1.807, 2.05) is 0 Å². The molecule has 18 heavy (non-hydrogen) atoms. The van der Waals surface area contributed by atoms with E-state index in [-0.39, 0.29) is 0 Å². The minimum absolute atomic E-state index is 0.488. The van der Waals surface area contributed by atoms with Crippen molar-refractivity contribution in [2.75, 3.05) is 12.4 Å². The Bertz CT molecular complexity index is 407. The molecule has 6 heteroatoms. The summed E-state index contributed by atoms with van der Waals surface area (Å²) in [6.45, 7) is 0. The van der Waals surface area contributed by atoms with Crippen molar-refractivity contribution >= 4 is 23.1 Å². The van der Waals surface area contributed by atoms with Crippen molar-refractivity contribution in [1.82, 2.24) is 15.3 Å². The average molecular weight is 266 g/mol. The molecule has 1 aliphatic carbocycles. The normalized spacial score (nSPS) is 16.1. The van der Waals surface area contributed by atoms with Crippen molar-refractivity contribution in [1.29, 1.82) is 0 Å². The average Bonchev–Trinajstić information content (AvgIpc) is 2.40. The number of anilines is 1. The molecule has 0 bridgehead atoms. The fraction of sp³-hybridized carbons (Fsp3) is 0.583. The maximum Gasteiger partial charge on any atom is 0.218 e. The lowest BCUT2D eigenvalue weighted by Crippen LogP contribution is -2.38. The van der Waals surface area contributed by atoms with E-state index in [9.17, 15) is 0 Å². The highest BCUT2D eigenvalue weighted by Crippen LogP contribution is 2.17. The van der Waals surface area contributed by atoms with Gasteiger partial charge in [-0.2, -0.15) is 0 Å². The highest BCUT2D eigenvalue weighted by Gasteiger charge is 2.14. The minimum atomic E-state index is 0.488. The van der Waals surface area contributed by atoms with Gasteiger partial charge in [-0.1, -0.05) is 19.3 Å². The van der Waals surface area contributed by atoms with Gasteiger partial charge in [0.05, 0.1) is 7.11 Å². The van der Waals surface area contributed by atoms with Crippen LogP contribution in [0.15, 0.2) is 12.4 Å². The Morgan fingerprint density at radius 1 is 1.33 bits per heavy atom. The number of rotatable bonds is 3. The van der Waals surface area contributed by atoms with Crippen LogP contribution in [0.1, 0.15) is 32.1 Å². The molecule has 1 saturated carbocycles. The first kappa shape index (κ1) is 13.0. The fourth-order valence-corrected chi connectivity index (χ4v) is 2.38. The number of thiocarbonyl (C=S) groups is 1. The minimum Gasteiger partial charge on any atom is -0.481 e. The molecule has 98 valence electrons. The lowest BCUT2D eigenvalue weighted by molar-refractivity contribution is 0.397. The van der Waals surface area contributed by atoms with Gasteiger partial charge >= 0.3 is 0 Å². The second-order valence-electron chi connectivity index (χ2n) is 4.38. The topological polar surface area (TPSA) is 59.1 Å². The number of methoxy groups -OCH3 is 1. The predicted octanol–water partition coefficient (Wildman–Crippen LogP) is 2.10. The van der Waals surface area contributed by atoms with E-state index in [1.165, 1.54) is 38.4 Å². The van der Waals surface area contributed by atoms with Gasteiger partial charge in [0, 0.05) is 12.1 Å². The first-order valence-corrected chi connectivity index (χ1v) is 6.62. The van der Waals surface area contributed by atoms with Crippen molar-refractivity contribution in [2.45, 2.75) is 38.1 Å². The molecule has 5 nitrogen and oxygen atoms in total. The molecule has 0 unspecified atom stereocenters. The second kappa shape index (κ2) is 6.49. The molecule has 0 aliphatic heterocycles. The van der Waals surface area contributed by atoms with Crippen molar-refractivity contribution < 1.29 is 4.74 Å². The number of nitrogens with zero attached hydrogens (tertiary/aromatic N) is 2. The van der Waals surface area contributed by atoms with E-state index in [1.54, 1.807) is 13.2 Å². The molecule has 0 aromatic carbocycles. The summed E-state index contributed by atoms with van der Waals surface area (Å²) < 4.78 is 5.03. The van der Waals surface area contributed by atoms with Crippen molar-refractivity contribution in [2.24, 2.45) is 0 Å². The molecular formula is C12H18N4OS. The Morgan fingerprint density at radius 2 is 2.11 bits per heavy atom. The Kier molecular flexibility index (Phi) is 4.69. The van der Waals surface area contributed by atoms with Crippen LogP contribution in [0.25, 0.3) is 0 Å². The highest BCUT2D eigenvalue weighted by molar-refractivity contribution is 7.80. The van der Waals surface area contributed by atoms with Crippen LogP contribution in [0.5, 0.6) is 5.88 Å². The molecule has 1 aromatic rings. The van der Waals surface area contributed by atoms with E-state index in [4.69, 9.17) is 17.0 Å². The molecule has 2 N–H and O–H groups in total. The highest BCUT2D eigenvalue weighted by atomic mass is 32.1. The van der Waals surface area contributed by atoms with Crippen LogP contribution in [0, 0.1) is 0 Å². The third kappa shape index (κ3) is 3.80. The lowest BCUT2D eigenvalue weighted by Gasteiger charge is -2.24. The van der Waals surface area contributed by atoms with Gasteiger partial charge in [-0.05, 0) is 25.1 Å². The maximum atomic E-state index is 5.27. The molecule has 2 rings (SSSR count). The number of hydrogen-bond acceptors (Lipinski definition) is 4. The van der Waals surface area contributed by atoms with Crippen molar-refractivity contribution in [3.8, 4) is 5.88 Å². The van der Waals surface area contributed by atoms with E-state index < -0.39 is 0 Å². The first-order chi connectivity index (χ1) is 8.78. The summed E-state index contributed by atoms with van der Waals surface area (Å²) in [6.07, 6.45) is 7.72. The SMILES string of the molecule is COc1cc(NC(=S)NC2CCCCC2)ncn1. The van der Waals surface area contributed by atoms with Gasteiger partial charge in [0.15, 0.2) is 5.11 Å². The molecule has 0 radical (unpaired) electrons. The van der Waals surface area contributed by atoms with Gasteiger partial charge in [0.1, 0.15) is 12.1 Å². The number of ether oxygens (including phenoxy) is 1. The van der Waals surface area contributed by atoms with Gasteiger partial charge in [-0.15, -0.1) is 0 Å². The van der Waals surface area contributed by atoms with Crippen LogP contribution in [0.4, 0.5) is 5.82 Å². The molecule has 1 aromatic heterocycles. The summed E-state index contributed by atoms with van der Waals surface area (Å²) in [4.78, 5) is 8.03. The molecule has 0 saturated heterocycles. The fourth-order valence-electron chi connectivity index (χ4n) is 2.10. The third-order valence-electron chi connectivity index (χ3n) is 3.03. The monoisotopic (exact) mass is 266 g/mol. The zero-order valence-corrected chi connectivity index (χ0v) is 11.3. The van der Waals surface area contributed by atoms with Gasteiger partial charge in [0.25, 0.3) is 0 Å². The molecule has 0 amide bonds. The van der Waals surface area contributed by atoms with Crippen LogP contribution < -0.4 is 15.4 Å². The molecule has 1 heterocycles. The van der Waals surface area contributed by atoms with Crippen LogP contribution in [0.3, 0.4) is 0 Å². The van der Waals surface area contributed by atoms with E-state index in [2.05, 4.69) is 20.6 Å². The molecule has 0 atom stereocenters. The van der Waals surface area contributed by atoms with Crippen molar-refractivity contribution in [3.63, 3.8) is 0 Å². The zero-order chi connectivity index (χ0) is 12.8. The zero-order valence-electron chi connectivity index (χ0n) is 10.5. The van der Waals surface area contributed by atoms with Gasteiger partial charge in [-0.3, -0.25) is 0 Å². The Balaban J connectivity index is 1.85. The lowest BCUT2D eigenvalue weighted by atomic mass is 9.96. The van der Waals surface area contributed by atoms with Crippen LogP contribution in [-0.2, 0) is 0 Å². The summed E-state index contributed by atoms with van der Waals surface area (Å²) in [7, 11) is 1.57. The van der Waals surface area contributed by atoms with Gasteiger partial charge in [-0.25, -0.2) is 9.97 Å². The summed E-state index contributed by atoms with van der Waals surface area (Å²) in [6, 6.07) is 2.21. The van der Waals surface area contributed by atoms with E-state index in [0.717, 1.165) is 0 Å². The number of aromatic nitrogens is 2. The van der Waals surface area contributed by atoms with E-state index in [0.29, 0.717) is 22.9 Å². The van der Waals surface area contributed by atoms with Crippen molar-refractivity contribution in [3.05, 3.63) is 12.4 Å². The molecular weight excluding hydrogens is 248 g/mol. The number of nitrogens with one attached hydrogen (secondary N) is 2. The Labute approximate surface area is 112 Å². The standard InChI is InChI=1S/C12H18N4OS/c1-17-11-7-10(13-8-14-11)16-12(18)15-9-5-3-2-4-6-9/h7-9H,2-6H2,1H3,(H2,13,14,15,16,18). The largest absolute Gasteiger partial charge is 0.481 e. The Hall–Kier alpha value is -1.43.